The van der Waals surface area contributed by atoms with Crippen LogP contribution < -0.4 is 0 Å². The lowest BCUT2D eigenvalue weighted by atomic mass is 10.0. The molecule has 1 N–H and O–H groups in total. The molecule has 0 fully saturated rings. The van der Waals surface area contributed by atoms with E-state index in [1.807, 2.05) is 18.2 Å². The van der Waals surface area contributed by atoms with E-state index in [0.717, 1.165) is 12.8 Å². The minimum atomic E-state index is -0.511. The zero-order chi connectivity index (χ0) is 13.9. The van der Waals surface area contributed by atoms with Crippen LogP contribution in [-0.2, 0) is 15.9 Å². The molecule has 0 bridgehead atoms. The molecule has 0 saturated heterocycles. The van der Waals surface area contributed by atoms with Crippen LogP contribution >= 0.6 is 0 Å². The second kappa shape index (κ2) is 9.57. The zero-order valence-electron chi connectivity index (χ0n) is 11.4. The molecular formula is C16H22O3. The van der Waals surface area contributed by atoms with E-state index >= 15 is 0 Å². The molecule has 2 atom stereocenters. The fraction of sp³-hybridized carbons (Fsp3) is 0.500. The second-order valence-corrected chi connectivity index (χ2v) is 4.52. The Hall–Kier alpha value is -1.34. The summed E-state index contributed by atoms with van der Waals surface area (Å²) in [6, 6.07) is 10.2. The van der Waals surface area contributed by atoms with Gasteiger partial charge in [-0.3, -0.25) is 0 Å². The Bertz CT molecular complexity index is 369. The van der Waals surface area contributed by atoms with Gasteiger partial charge in [-0.2, -0.15) is 0 Å². The third kappa shape index (κ3) is 6.97. The smallest absolute Gasteiger partial charge is 0.146 e. The number of aliphatic hydroxyl groups excluding tert-OH is 1. The minimum absolute atomic E-state index is 0.0384. The highest BCUT2D eigenvalue weighted by Gasteiger charge is 2.14. The van der Waals surface area contributed by atoms with Gasteiger partial charge in [0.2, 0.25) is 0 Å². The van der Waals surface area contributed by atoms with Gasteiger partial charge in [-0.1, -0.05) is 30.3 Å². The molecule has 19 heavy (non-hydrogen) atoms. The van der Waals surface area contributed by atoms with Gasteiger partial charge in [-0.25, -0.2) is 0 Å². The van der Waals surface area contributed by atoms with E-state index in [4.69, 9.17) is 15.9 Å². The molecular weight excluding hydrogens is 240 g/mol. The second-order valence-electron chi connectivity index (χ2n) is 4.52. The molecule has 0 spiro atoms. The fourth-order valence-electron chi connectivity index (χ4n) is 1.93. The Kier molecular flexibility index (Phi) is 7.92. The number of terminal acetylenes is 1. The number of ether oxygens (including phenoxy) is 2. The van der Waals surface area contributed by atoms with Crippen molar-refractivity contribution in [1.82, 2.24) is 0 Å². The van der Waals surface area contributed by atoms with Gasteiger partial charge in [0.1, 0.15) is 6.79 Å². The lowest BCUT2D eigenvalue weighted by Gasteiger charge is -2.19. The van der Waals surface area contributed by atoms with Gasteiger partial charge < -0.3 is 14.6 Å². The topological polar surface area (TPSA) is 38.7 Å². The van der Waals surface area contributed by atoms with Gasteiger partial charge in [0.25, 0.3) is 0 Å². The quantitative estimate of drug-likeness (QED) is 0.548. The predicted octanol–water partition coefficient (Wildman–Crippen LogP) is 2.38. The first-order valence-corrected chi connectivity index (χ1v) is 6.52. The maximum absolute atomic E-state index is 9.75. The Morgan fingerprint density at radius 1 is 1.32 bits per heavy atom. The molecule has 0 aliphatic rings. The van der Waals surface area contributed by atoms with Crippen molar-refractivity contribution in [2.45, 2.75) is 37.9 Å². The third-order valence-corrected chi connectivity index (χ3v) is 2.91. The van der Waals surface area contributed by atoms with Crippen LogP contribution in [0.15, 0.2) is 30.3 Å². The number of hydrogen-bond acceptors (Lipinski definition) is 3. The first-order chi connectivity index (χ1) is 9.26. The van der Waals surface area contributed by atoms with Gasteiger partial charge in [-0.15, -0.1) is 12.3 Å². The van der Waals surface area contributed by atoms with Gasteiger partial charge in [-0.05, 0) is 18.4 Å². The minimum Gasteiger partial charge on any atom is -0.392 e. The van der Waals surface area contributed by atoms with Crippen molar-refractivity contribution in [1.29, 1.82) is 0 Å². The third-order valence-electron chi connectivity index (χ3n) is 2.91. The van der Waals surface area contributed by atoms with E-state index in [1.165, 1.54) is 5.56 Å². The zero-order valence-corrected chi connectivity index (χ0v) is 11.4. The van der Waals surface area contributed by atoms with Gasteiger partial charge >= 0.3 is 0 Å². The molecule has 1 aromatic rings. The SMILES string of the molecule is C#CC[C@H](O)C[C@H](CCc1ccccc1)OCOC. The Morgan fingerprint density at radius 3 is 2.68 bits per heavy atom. The van der Waals surface area contributed by atoms with Crippen LogP contribution in [0.25, 0.3) is 0 Å². The van der Waals surface area contributed by atoms with Gasteiger partial charge in [0, 0.05) is 20.0 Å². The van der Waals surface area contributed by atoms with Crippen molar-refractivity contribution < 1.29 is 14.6 Å². The summed E-state index contributed by atoms with van der Waals surface area (Å²) >= 11 is 0. The van der Waals surface area contributed by atoms with E-state index in [1.54, 1.807) is 7.11 Å². The molecule has 104 valence electrons. The standard InChI is InChI=1S/C16H22O3/c1-3-7-15(17)12-16(19-13-18-2)11-10-14-8-5-4-6-9-14/h1,4-6,8-9,15-17H,7,10-13H2,2H3/t15-,16-/m0/s1. The van der Waals surface area contributed by atoms with Crippen molar-refractivity contribution in [3.63, 3.8) is 0 Å². The van der Waals surface area contributed by atoms with E-state index in [9.17, 15) is 5.11 Å². The van der Waals surface area contributed by atoms with Crippen LogP contribution in [0.1, 0.15) is 24.8 Å². The van der Waals surface area contributed by atoms with Crippen LogP contribution in [0.2, 0.25) is 0 Å². The number of methoxy groups -OCH3 is 1. The summed E-state index contributed by atoms with van der Waals surface area (Å²) in [4.78, 5) is 0. The summed E-state index contributed by atoms with van der Waals surface area (Å²) in [5.41, 5.74) is 1.26. The summed E-state index contributed by atoms with van der Waals surface area (Å²) in [5.74, 6) is 2.47. The first-order valence-electron chi connectivity index (χ1n) is 6.52. The summed E-state index contributed by atoms with van der Waals surface area (Å²) in [5, 5.41) is 9.75. The molecule has 1 aromatic carbocycles. The number of aryl methyl sites for hydroxylation is 1. The normalized spacial score (nSPS) is 13.7. The average molecular weight is 262 g/mol. The molecule has 0 aliphatic carbocycles. The lowest BCUT2D eigenvalue weighted by Crippen LogP contribution is -2.22. The predicted molar refractivity (Wildman–Crippen MR) is 75.6 cm³/mol. The molecule has 0 saturated carbocycles. The molecule has 3 nitrogen and oxygen atoms in total. The van der Waals surface area contributed by atoms with Crippen LogP contribution in [0.4, 0.5) is 0 Å². The maximum atomic E-state index is 9.75. The molecule has 0 heterocycles. The fourth-order valence-corrected chi connectivity index (χ4v) is 1.93. The molecule has 0 amide bonds. The van der Waals surface area contributed by atoms with Crippen LogP contribution in [0.5, 0.6) is 0 Å². The molecule has 1 rings (SSSR count). The van der Waals surface area contributed by atoms with Gasteiger partial charge in [0.15, 0.2) is 0 Å². The summed E-state index contributed by atoms with van der Waals surface area (Å²) in [7, 11) is 1.59. The van der Waals surface area contributed by atoms with Crippen LogP contribution in [0.3, 0.4) is 0 Å². The van der Waals surface area contributed by atoms with E-state index in [2.05, 4.69) is 18.1 Å². The van der Waals surface area contributed by atoms with Crippen molar-refractivity contribution in [2.75, 3.05) is 13.9 Å². The highest BCUT2D eigenvalue weighted by Crippen LogP contribution is 2.13. The first kappa shape index (κ1) is 15.7. The van der Waals surface area contributed by atoms with Crippen LogP contribution in [-0.4, -0.2) is 31.2 Å². The Balaban J connectivity index is 2.42. The van der Waals surface area contributed by atoms with Crippen LogP contribution in [0, 0.1) is 12.3 Å². The largest absolute Gasteiger partial charge is 0.392 e. The van der Waals surface area contributed by atoms with Crippen molar-refractivity contribution >= 4 is 0 Å². The van der Waals surface area contributed by atoms with E-state index in [-0.39, 0.29) is 12.9 Å². The van der Waals surface area contributed by atoms with E-state index in [0.29, 0.717) is 12.8 Å². The molecule has 0 unspecified atom stereocenters. The van der Waals surface area contributed by atoms with Gasteiger partial charge in [0.05, 0.1) is 12.2 Å². The molecule has 0 aromatic heterocycles. The monoisotopic (exact) mass is 262 g/mol. The molecule has 0 radical (unpaired) electrons. The summed E-state index contributed by atoms with van der Waals surface area (Å²) in [6.45, 7) is 0.238. The summed E-state index contributed by atoms with van der Waals surface area (Å²) in [6.07, 6.45) is 7.30. The molecule has 3 heteroatoms. The number of aliphatic hydroxyl groups is 1. The summed E-state index contributed by atoms with van der Waals surface area (Å²) < 4.78 is 10.5. The maximum Gasteiger partial charge on any atom is 0.146 e. The average Bonchev–Trinajstić information content (AvgIpc) is 2.43. The van der Waals surface area contributed by atoms with Crippen molar-refractivity contribution in [2.24, 2.45) is 0 Å². The Morgan fingerprint density at radius 2 is 2.05 bits per heavy atom. The number of benzene rings is 1. The number of hydrogen-bond donors (Lipinski definition) is 1. The molecule has 0 aliphatic heterocycles. The van der Waals surface area contributed by atoms with Crippen molar-refractivity contribution in [3.05, 3.63) is 35.9 Å². The Labute approximate surface area is 115 Å². The van der Waals surface area contributed by atoms with Crippen molar-refractivity contribution in [3.8, 4) is 12.3 Å². The lowest BCUT2D eigenvalue weighted by molar-refractivity contribution is -0.0860. The van der Waals surface area contributed by atoms with E-state index < -0.39 is 6.10 Å². The number of rotatable bonds is 9. The highest BCUT2D eigenvalue weighted by molar-refractivity contribution is 5.14. The highest BCUT2D eigenvalue weighted by atomic mass is 16.7.